The second kappa shape index (κ2) is 6.62. The number of hydrogen-bond acceptors (Lipinski definition) is 3. The summed E-state index contributed by atoms with van der Waals surface area (Å²) in [5, 5.41) is 10.4. The highest BCUT2D eigenvalue weighted by Gasteiger charge is 2.34. The molecule has 0 aliphatic carbocycles. The van der Waals surface area contributed by atoms with Crippen LogP contribution in [0.15, 0.2) is 30.4 Å². The third kappa shape index (κ3) is 4.09. The average molecular weight is 331 g/mol. The van der Waals surface area contributed by atoms with Crippen LogP contribution in [0.4, 0.5) is 18.9 Å². The molecule has 1 unspecified atom stereocenters. The Morgan fingerprint density at radius 3 is 2.45 bits per heavy atom. The number of ketones is 1. The van der Waals surface area contributed by atoms with E-state index in [0.29, 0.717) is 6.07 Å². The zero-order valence-corrected chi connectivity index (χ0v) is 12.0. The molecule has 0 heterocycles. The number of Topliss-reactive ketones (excluding diaryl/α,β-unsaturated/α-hetero) is 1. The first-order chi connectivity index (χ1) is 10.1. The van der Waals surface area contributed by atoms with Crippen LogP contribution in [0.5, 0.6) is 0 Å². The van der Waals surface area contributed by atoms with Crippen molar-refractivity contribution in [1.82, 2.24) is 0 Å². The number of anilines is 1. The molecule has 0 radical (unpaired) electrons. The zero-order chi connectivity index (χ0) is 17.1. The molecule has 0 aliphatic rings. The van der Waals surface area contributed by atoms with Crippen LogP contribution in [0.1, 0.15) is 12.5 Å². The molecule has 8 heteroatoms. The molecule has 1 aromatic rings. The summed E-state index contributed by atoms with van der Waals surface area (Å²) in [6.45, 7) is 4.65. The fourth-order valence-electron chi connectivity index (χ4n) is 1.52. The molecule has 0 saturated heterocycles. The van der Waals surface area contributed by atoms with Crippen LogP contribution in [-0.4, -0.2) is 11.7 Å². The normalized spacial score (nSPS) is 12.2. The van der Waals surface area contributed by atoms with Crippen molar-refractivity contribution in [2.75, 3.05) is 5.32 Å². The first kappa shape index (κ1) is 17.7. The topological polar surface area (TPSA) is 70.0 Å². The average Bonchev–Trinajstić information content (AvgIpc) is 2.40. The summed E-state index contributed by atoms with van der Waals surface area (Å²) in [7, 11) is 0. The molecule has 0 saturated carbocycles. The highest BCUT2D eigenvalue weighted by Crippen LogP contribution is 2.36. The molecular formula is C14H10ClF3N2O2. The lowest BCUT2D eigenvalue weighted by atomic mass is 10.00. The first-order valence-electron chi connectivity index (χ1n) is 5.85. The predicted molar refractivity (Wildman–Crippen MR) is 74.0 cm³/mol. The first-order valence-corrected chi connectivity index (χ1v) is 6.22. The molecule has 1 aromatic carbocycles. The fourth-order valence-corrected chi connectivity index (χ4v) is 1.74. The quantitative estimate of drug-likeness (QED) is 0.677. The Morgan fingerprint density at radius 2 is 2.00 bits per heavy atom. The highest BCUT2D eigenvalue weighted by atomic mass is 35.5. The van der Waals surface area contributed by atoms with Crippen LogP contribution in [0, 0.1) is 17.2 Å². The van der Waals surface area contributed by atoms with Gasteiger partial charge in [-0.2, -0.15) is 18.4 Å². The largest absolute Gasteiger partial charge is 0.417 e. The summed E-state index contributed by atoms with van der Waals surface area (Å²) >= 11 is 5.45. The Labute approximate surface area is 129 Å². The third-order valence-electron chi connectivity index (χ3n) is 2.61. The standard InChI is InChI=1S/C14H10ClF3N2O2/c1-7(2)12(21)9(6-19)13(22)20-8-3-4-11(15)10(5-8)14(16,17)18/h3-5,9H,1H2,2H3,(H,20,22). The molecule has 22 heavy (non-hydrogen) atoms. The van der Waals surface area contributed by atoms with E-state index in [1.165, 1.54) is 13.0 Å². The minimum Gasteiger partial charge on any atom is -0.325 e. The summed E-state index contributed by atoms with van der Waals surface area (Å²) in [6.07, 6.45) is -4.69. The van der Waals surface area contributed by atoms with Gasteiger partial charge in [-0.3, -0.25) is 9.59 Å². The number of alkyl halides is 3. The molecule has 1 rings (SSSR count). The number of nitrogens with zero attached hydrogens (tertiary/aromatic N) is 1. The lowest BCUT2D eigenvalue weighted by Crippen LogP contribution is -2.29. The summed E-state index contributed by atoms with van der Waals surface area (Å²) in [4.78, 5) is 23.4. The molecule has 0 aromatic heterocycles. The number of benzene rings is 1. The van der Waals surface area contributed by atoms with E-state index < -0.39 is 34.4 Å². The monoisotopic (exact) mass is 330 g/mol. The Kier molecular flexibility index (Phi) is 5.33. The van der Waals surface area contributed by atoms with E-state index in [1.54, 1.807) is 0 Å². The predicted octanol–water partition coefficient (Wildman–Crippen LogP) is 3.58. The maximum Gasteiger partial charge on any atom is 0.417 e. The van der Waals surface area contributed by atoms with Gasteiger partial charge in [0, 0.05) is 5.69 Å². The van der Waals surface area contributed by atoms with Crippen LogP contribution in [0.25, 0.3) is 0 Å². The number of carbonyl (C=O) groups is 2. The number of carbonyl (C=O) groups excluding carboxylic acids is 2. The van der Waals surface area contributed by atoms with E-state index in [-0.39, 0.29) is 11.3 Å². The van der Waals surface area contributed by atoms with Gasteiger partial charge in [-0.05, 0) is 30.7 Å². The summed E-state index contributed by atoms with van der Waals surface area (Å²) in [6, 6.07) is 4.21. The number of allylic oxidation sites excluding steroid dienone is 1. The number of hydrogen-bond donors (Lipinski definition) is 1. The SMILES string of the molecule is C=C(C)C(=O)C(C#N)C(=O)Nc1ccc(Cl)c(C(F)(F)F)c1. The van der Waals surface area contributed by atoms with E-state index >= 15 is 0 Å². The molecule has 0 bridgehead atoms. The van der Waals surface area contributed by atoms with E-state index in [1.807, 2.05) is 0 Å². The lowest BCUT2D eigenvalue weighted by molar-refractivity contribution is -0.137. The van der Waals surface area contributed by atoms with Crippen molar-refractivity contribution in [2.24, 2.45) is 5.92 Å². The molecule has 116 valence electrons. The van der Waals surface area contributed by atoms with Gasteiger partial charge in [-0.1, -0.05) is 18.2 Å². The van der Waals surface area contributed by atoms with Gasteiger partial charge in [0.25, 0.3) is 0 Å². The molecule has 1 atom stereocenters. The minimum absolute atomic E-state index is 0.00575. The highest BCUT2D eigenvalue weighted by molar-refractivity contribution is 6.31. The van der Waals surface area contributed by atoms with Crippen molar-refractivity contribution in [3.63, 3.8) is 0 Å². The number of nitriles is 1. The van der Waals surface area contributed by atoms with Crippen molar-refractivity contribution < 1.29 is 22.8 Å². The molecule has 0 spiro atoms. The van der Waals surface area contributed by atoms with Gasteiger partial charge in [-0.25, -0.2) is 0 Å². The van der Waals surface area contributed by atoms with Crippen LogP contribution >= 0.6 is 11.6 Å². The second-order valence-electron chi connectivity index (χ2n) is 4.39. The van der Waals surface area contributed by atoms with E-state index in [2.05, 4.69) is 11.9 Å². The van der Waals surface area contributed by atoms with Crippen molar-refractivity contribution in [3.8, 4) is 6.07 Å². The van der Waals surface area contributed by atoms with Gasteiger partial charge in [0.15, 0.2) is 11.7 Å². The van der Waals surface area contributed by atoms with Gasteiger partial charge in [-0.15, -0.1) is 0 Å². The summed E-state index contributed by atoms with van der Waals surface area (Å²) in [5.74, 6) is -3.52. The molecule has 1 amide bonds. The molecular weight excluding hydrogens is 321 g/mol. The van der Waals surface area contributed by atoms with Gasteiger partial charge in [0.2, 0.25) is 5.91 Å². The Morgan fingerprint density at radius 1 is 1.41 bits per heavy atom. The smallest absolute Gasteiger partial charge is 0.325 e. The van der Waals surface area contributed by atoms with E-state index in [4.69, 9.17) is 16.9 Å². The van der Waals surface area contributed by atoms with Crippen molar-refractivity contribution in [2.45, 2.75) is 13.1 Å². The lowest BCUT2D eigenvalue weighted by Gasteiger charge is -2.13. The van der Waals surface area contributed by atoms with Crippen molar-refractivity contribution in [1.29, 1.82) is 5.26 Å². The van der Waals surface area contributed by atoms with Crippen molar-refractivity contribution >= 4 is 29.0 Å². The Hall–Kier alpha value is -2.33. The van der Waals surface area contributed by atoms with Gasteiger partial charge in [0.1, 0.15) is 0 Å². The molecule has 1 N–H and O–H groups in total. The Bertz CT molecular complexity index is 678. The van der Waals surface area contributed by atoms with Crippen LogP contribution in [-0.2, 0) is 15.8 Å². The zero-order valence-electron chi connectivity index (χ0n) is 11.3. The third-order valence-corrected chi connectivity index (χ3v) is 2.94. The van der Waals surface area contributed by atoms with E-state index in [9.17, 15) is 22.8 Å². The second-order valence-corrected chi connectivity index (χ2v) is 4.80. The summed E-state index contributed by atoms with van der Waals surface area (Å²) in [5.41, 5.74) is -1.36. The van der Waals surface area contributed by atoms with Gasteiger partial charge >= 0.3 is 6.18 Å². The molecule has 4 nitrogen and oxygen atoms in total. The van der Waals surface area contributed by atoms with Crippen LogP contribution < -0.4 is 5.32 Å². The van der Waals surface area contributed by atoms with Crippen molar-refractivity contribution in [3.05, 3.63) is 40.9 Å². The molecule has 0 fully saturated rings. The summed E-state index contributed by atoms with van der Waals surface area (Å²) < 4.78 is 38.1. The van der Waals surface area contributed by atoms with Crippen LogP contribution in [0.3, 0.4) is 0 Å². The Balaban J connectivity index is 3.05. The van der Waals surface area contributed by atoms with Crippen LogP contribution in [0.2, 0.25) is 5.02 Å². The number of nitrogens with one attached hydrogen (secondary N) is 1. The van der Waals surface area contributed by atoms with Gasteiger partial charge < -0.3 is 5.32 Å². The maximum atomic E-state index is 12.7. The molecule has 0 aliphatic heterocycles. The number of rotatable bonds is 4. The number of amides is 1. The minimum atomic E-state index is -4.69. The van der Waals surface area contributed by atoms with E-state index in [0.717, 1.165) is 12.1 Å². The fraction of sp³-hybridized carbons (Fsp3) is 0.214. The van der Waals surface area contributed by atoms with Gasteiger partial charge in [0.05, 0.1) is 16.7 Å². The maximum absolute atomic E-state index is 12.7. The number of halogens is 4.